The van der Waals surface area contributed by atoms with E-state index in [4.69, 9.17) is 16.2 Å². The Morgan fingerprint density at radius 2 is 1.74 bits per heavy atom. The summed E-state index contributed by atoms with van der Waals surface area (Å²) in [6, 6.07) is 5.94. The minimum atomic E-state index is -0.968. The summed E-state index contributed by atoms with van der Waals surface area (Å²) in [5.74, 6) is -0.277. The normalized spacial score (nSPS) is 21.9. The Hall–Kier alpha value is -2.12. The second kappa shape index (κ2) is 5.25. The van der Waals surface area contributed by atoms with Gasteiger partial charge in [-0.1, -0.05) is 0 Å². The van der Waals surface area contributed by atoms with E-state index in [1.165, 1.54) is 0 Å². The molecule has 1 aliphatic rings. The fraction of sp³-hybridized carbons (Fsp3) is 0.333. The Morgan fingerprint density at radius 3 is 2.21 bits per heavy atom. The number of nitrogens with two attached hydrogens (primary N) is 2. The maximum atomic E-state index is 12.0. The molecule has 1 heterocycles. The number of primary amides is 1. The van der Waals surface area contributed by atoms with Crippen molar-refractivity contribution in [1.29, 1.82) is 0 Å². The second-order valence-corrected chi connectivity index (χ2v) is 4.48. The molecule has 0 spiro atoms. The second-order valence-electron chi connectivity index (χ2n) is 4.48. The number of amides is 3. The van der Waals surface area contributed by atoms with E-state index in [-0.39, 0.29) is 12.5 Å². The molecule has 0 saturated carbocycles. The summed E-state index contributed by atoms with van der Waals surface area (Å²) in [4.78, 5) is 22.7. The Labute approximate surface area is 110 Å². The standard InChI is InChI=1S/C12H16N4O3/c13-11(18)16-9-3-1-8(2-4-9)15-10(17)12(14)5-6-19-7-12/h1-4H,5-7,14H2,(H,15,17)(H3,13,16,18). The van der Waals surface area contributed by atoms with Gasteiger partial charge in [-0.15, -0.1) is 0 Å². The minimum absolute atomic E-state index is 0.222. The summed E-state index contributed by atoms with van der Waals surface area (Å²) in [5, 5.41) is 5.15. The minimum Gasteiger partial charge on any atom is -0.379 e. The van der Waals surface area contributed by atoms with E-state index in [2.05, 4.69) is 10.6 Å². The quantitative estimate of drug-likeness (QED) is 0.624. The summed E-state index contributed by atoms with van der Waals surface area (Å²) < 4.78 is 5.13. The molecule has 3 amide bonds. The Bertz CT molecular complexity index is 480. The van der Waals surface area contributed by atoms with Gasteiger partial charge in [-0.3, -0.25) is 4.79 Å². The maximum Gasteiger partial charge on any atom is 0.316 e. The predicted octanol–water partition coefficient (Wildman–Crippen LogP) is 0.234. The average molecular weight is 264 g/mol. The molecule has 2 rings (SSSR count). The van der Waals surface area contributed by atoms with E-state index >= 15 is 0 Å². The van der Waals surface area contributed by atoms with Crippen molar-refractivity contribution in [2.24, 2.45) is 11.5 Å². The van der Waals surface area contributed by atoms with Gasteiger partial charge in [0.05, 0.1) is 6.61 Å². The molecule has 1 atom stereocenters. The van der Waals surface area contributed by atoms with Gasteiger partial charge >= 0.3 is 6.03 Å². The molecule has 1 aliphatic heterocycles. The van der Waals surface area contributed by atoms with E-state index in [1.54, 1.807) is 24.3 Å². The van der Waals surface area contributed by atoms with Crippen LogP contribution in [0.3, 0.4) is 0 Å². The van der Waals surface area contributed by atoms with Gasteiger partial charge in [0.1, 0.15) is 5.54 Å². The van der Waals surface area contributed by atoms with E-state index in [1.807, 2.05) is 0 Å². The molecule has 7 nitrogen and oxygen atoms in total. The molecule has 0 aliphatic carbocycles. The van der Waals surface area contributed by atoms with Crippen LogP contribution in [0.15, 0.2) is 24.3 Å². The first kappa shape index (κ1) is 13.3. The fourth-order valence-corrected chi connectivity index (χ4v) is 1.79. The highest BCUT2D eigenvalue weighted by molar-refractivity contribution is 5.98. The molecule has 6 N–H and O–H groups in total. The lowest BCUT2D eigenvalue weighted by atomic mass is 9.99. The predicted molar refractivity (Wildman–Crippen MR) is 70.6 cm³/mol. The number of hydrogen-bond acceptors (Lipinski definition) is 4. The van der Waals surface area contributed by atoms with Crippen LogP contribution in [-0.4, -0.2) is 30.7 Å². The third-order valence-electron chi connectivity index (χ3n) is 2.91. The van der Waals surface area contributed by atoms with Crippen LogP contribution in [0.2, 0.25) is 0 Å². The van der Waals surface area contributed by atoms with E-state index < -0.39 is 11.6 Å². The lowest BCUT2D eigenvalue weighted by molar-refractivity contribution is -0.121. The number of carbonyl (C=O) groups excluding carboxylic acids is 2. The smallest absolute Gasteiger partial charge is 0.316 e. The number of nitrogens with one attached hydrogen (secondary N) is 2. The van der Waals surface area contributed by atoms with Gasteiger partial charge in [0, 0.05) is 18.0 Å². The molecule has 19 heavy (non-hydrogen) atoms. The van der Waals surface area contributed by atoms with Gasteiger partial charge in [-0.05, 0) is 30.7 Å². The topological polar surface area (TPSA) is 119 Å². The zero-order valence-electron chi connectivity index (χ0n) is 10.3. The number of anilines is 2. The average Bonchev–Trinajstić information content (AvgIpc) is 2.79. The summed E-state index contributed by atoms with van der Waals surface area (Å²) in [7, 11) is 0. The summed E-state index contributed by atoms with van der Waals surface area (Å²) in [5.41, 5.74) is 11.1. The van der Waals surface area contributed by atoms with E-state index in [0.29, 0.717) is 24.4 Å². The van der Waals surface area contributed by atoms with Crippen molar-refractivity contribution >= 4 is 23.3 Å². The van der Waals surface area contributed by atoms with Gasteiger partial charge in [0.2, 0.25) is 5.91 Å². The first-order valence-corrected chi connectivity index (χ1v) is 5.84. The van der Waals surface area contributed by atoms with Crippen LogP contribution >= 0.6 is 0 Å². The molecule has 1 unspecified atom stereocenters. The van der Waals surface area contributed by atoms with Gasteiger partial charge in [-0.25, -0.2) is 4.79 Å². The molecule has 1 fully saturated rings. The lowest BCUT2D eigenvalue weighted by Crippen LogP contribution is -2.51. The van der Waals surface area contributed by atoms with Crippen molar-refractivity contribution in [3.63, 3.8) is 0 Å². The van der Waals surface area contributed by atoms with E-state index in [0.717, 1.165) is 0 Å². The van der Waals surface area contributed by atoms with Gasteiger partial charge in [-0.2, -0.15) is 0 Å². The molecule has 0 radical (unpaired) electrons. The highest BCUT2D eigenvalue weighted by Gasteiger charge is 2.38. The number of urea groups is 1. The van der Waals surface area contributed by atoms with Crippen LogP contribution in [0.25, 0.3) is 0 Å². The van der Waals surface area contributed by atoms with Crippen molar-refractivity contribution in [2.45, 2.75) is 12.0 Å². The molecule has 1 aromatic rings. The van der Waals surface area contributed by atoms with Crippen LogP contribution in [0.1, 0.15) is 6.42 Å². The summed E-state index contributed by atoms with van der Waals surface area (Å²) >= 11 is 0. The number of hydrogen-bond donors (Lipinski definition) is 4. The lowest BCUT2D eigenvalue weighted by Gasteiger charge is -2.20. The molecule has 0 bridgehead atoms. The van der Waals surface area contributed by atoms with Crippen molar-refractivity contribution in [2.75, 3.05) is 23.8 Å². The monoisotopic (exact) mass is 264 g/mol. The third-order valence-corrected chi connectivity index (χ3v) is 2.91. The van der Waals surface area contributed by atoms with Crippen LogP contribution in [0.4, 0.5) is 16.2 Å². The van der Waals surface area contributed by atoms with Crippen LogP contribution in [0.5, 0.6) is 0 Å². The Balaban J connectivity index is 1.99. The molecular weight excluding hydrogens is 248 g/mol. The largest absolute Gasteiger partial charge is 0.379 e. The Morgan fingerprint density at radius 1 is 1.16 bits per heavy atom. The molecule has 1 saturated heterocycles. The molecular formula is C12H16N4O3. The molecule has 1 aromatic carbocycles. The zero-order chi connectivity index (χ0) is 13.9. The van der Waals surface area contributed by atoms with Crippen molar-refractivity contribution in [3.8, 4) is 0 Å². The summed E-state index contributed by atoms with van der Waals surface area (Å²) in [6.07, 6.45) is 0.500. The van der Waals surface area contributed by atoms with Crippen molar-refractivity contribution < 1.29 is 14.3 Å². The van der Waals surface area contributed by atoms with Crippen LogP contribution < -0.4 is 22.1 Å². The number of carbonyl (C=O) groups is 2. The van der Waals surface area contributed by atoms with Crippen molar-refractivity contribution in [1.82, 2.24) is 0 Å². The zero-order valence-corrected chi connectivity index (χ0v) is 10.3. The Kier molecular flexibility index (Phi) is 3.68. The molecule has 7 heteroatoms. The third kappa shape index (κ3) is 3.21. The van der Waals surface area contributed by atoms with Gasteiger partial charge in [0.15, 0.2) is 0 Å². The van der Waals surface area contributed by atoms with E-state index in [9.17, 15) is 9.59 Å². The summed E-state index contributed by atoms with van der Waals surface area (Å²) in [6.45, 7) is 0.714. The highest BCUT2D eigenvalue weighted by Crippen LogP contribution is 2.19. The number of benzene rings is 1. The number of rotatable bonds is 3. The van der Waals surface area contributed by atoms with Gasteiger partial charge < -0.3 is 26.8 Å². The highest BCUT2D eigenvalue weighted by atomic mass is 16.5. The van der Waals surface area contributed by atoms with Crippen LogP contribution in [0, 0.1) is 0 Å². The number of ether oxygens (including phenoxy) is 1. The first-order chi connectivity index (χ1) is 8.99. The van der Waals surface area contributed by atoms with Crippen LogP contribution in [-0.2, 0) is 9.53 Å². The fourth-order valence-electron chi connectivity index (χ4n) is 1.79. The maximum absolute atomic E-state index is 12.0. The first-order valence-electron chi connectivity index (χ1n) is 5.84. The molecule has 102 valence electrons. The SMILES string of the molecule is NC(=O)Nc1ccc(NC(=O)C2(N)CCOC2)cc1. The van der Waals surface area contributed by atoms with Crippen molar-refractivity contribution in [3.05, 3.63) is 24.3 Å². The molecule has 0 aromatic heterocycles. The van der Waals surface area contributed by atoms with Gasteiger partial charge in [0.25, 0.3) is 0 Å².